The number of carbonyl (C=O) groups excluding carboxylic acids is 1. The zero-order chi connectivity index (χ0) is 25.8. The Hall–Kier alpha value is -3.10. The van der Waals surface area contributed by atoms with Gasteiger partial charge >= 0.3 is 0 Å². The van der Waals surface area contributed by atoms with Crippen molar-refractivity contribution in [2.75, 3.05) is 11.9 Å². The maximum atomic E-state index is 12.8. The second-order valence-corrected chi connectivity index (χ2v) is 11.3. The molecule has 0 saturated heterocycles. The number of hydrogen-bond acceptors (Lipinski definition) is 7. The predicted molar refractivity (Wildman–Crippen MR) is 130 cm³/mol. The van der Waals surface area contributed by atoms with Gasteiger partial charge in [-0.25, -0.2) is 31.4 Å². The molecule has 4 N–H and O–H groups in total. The van der Waals surface area contributed by atoms with E-state index in [9.17, 15) is 26.4 Å². The molecule has 3 aromatic rings. The van der Waals surface area contributed by atoms with Crippen LogP contribution in [0, 0.1) is 6.92 Å². The molecule has 0 radical (unpaired) electrons. The summed E-state index contributed by atoms with van der Waals surface area (Å²) in [6, 6.07) is 11.3. The Balaban J connectivity index is 1.66. The largest absolute Gasteiger partial charge is 0.324 e. The first-order valence-corrected chi connectivity index (χ1v) is 13.5. The van der Waals surface area contributed by atoms with Gasteiger partial charge in [-0.1, -0.05) is 29.8 Å². The van der Waals surface area contributed by atoms with Gasteiger partial charge in [0.15, 0.2) is 0 Å². The van der Waals surface area contributed by atoms with E-state index in [0.717, 1.165) is 10.7 Å². The first kappa shape index (κ1) is 26.5. The van der Waals surface area contributed by atoms with E-state index in [2.05, 4.69) is 15.1 Å². The Bertz CT molecular complexity index is 1520. The molecule has 11 nitrogen and oxygen atoms in total. The number of benzene rings is 2. The molecule has 0 atom stereocenters. The third kappa shape index (κ3) is 7.19. The zero-order valence-electron chi connectivity index (χ0n) is 18.4. The molecule has 0 saturated carbocycles. The van der Waals surface area contributed by atoms with Crippen LogP contribution in [-0.4, -0.2) is 39.1 Å². The van der Waals surface area contributed by atoms with Crippen LogP contribution < -0.4 is 20.7 Å². The molecule has 0 aliphatic rings. The highest BCUT2D eigenvalue weighted by atomic mass is 35.5. The molecule has 2 aromatic carbocycles. The summed E-state index contributed by atoms with van der Waals surface area (Å²) in [5.74, 6) is -0.579. The minimum Gasteiger partial charge on any atom is -0.324 e. The van der Waals surface area contributed by atoms with Crippen LogP contribution in [0.4, 0.5) is 5.69 Å². The lowest BCUT2D eigenvalue weighted by atomic mass is 10.2. The van der Waals surface area contributed by atoms with Crippen LogP contribution in [0.2, 0.25) is 5.02 Å². The van der Waals surface area contributed by atoms with Crippen molar-refractivity contribution in [2.45, 2.75) is 29.7 Å². The molecule has 14 heteroatoms. The second kappa shape index (κ2) is 10.7. The minimum absolute atomic E-state index is 0.0262. The van der Waals surface area contributed by atoms with Crippen LogP contribution in [0.5, 0.6) is 0 Å². The molecule has 1 aromatic heterocycles. The number of carbonyl (C=O) groups is 1. The smallest absolute Gasteiger partial charge is 0.268 e. The molecule has 1 heterocycles. The highest BCUT2D eigenvalue weighted by Crippen LogP contribution is 2.20. The minimum atomic E-state index is -3.92. The number of nitrogens with zero attached hydrogens (tertiary/aromatic N) is 2. The van der Waals surface area contributed by atoms with E-state index in [-0.39, 0.29) is 33.6 Å². The Morgan fingerprint density at radius 3 is 2.40 bits per heavy atom. The number of halogens is 1. The number of sulfonamides is 2. The van der Waals surface area contributed by atoms with Gasteiger partial charge in [0.2, 0.25) is 26.0 Å². The highest BCUT2D eigenvalue weighted by molar-refractivity contribution is 7.89. The second-order valence-electron chi connectivity index (χ2n) is 7.53. The number of nitrogens with two attached hydrogens (primary N) is 1. The van der Waals surface area contributed by atoms with E-state index < -0.39 is 31.5 Å². The van der Waals surface area contributed by atoms with Gasteiger partial charge in [0.05, 0.1) is 21.0 Å². The number of rotatable bonds is 9. The number of anilines is 1. The van der Waals surface area contributed by atoms with E-state index in [0.29, 0.717) is 17.5 Å². The monoisotopic (exact) mass is 539 g/mol. The van der Waals surface area contributed by atoms with Crippen molar-refractivity contribution in [1.82, 2.24) is 14.5 Å². The van der Waals surface area contributed by atoms with Gasteiger partial charge in [0, 0.05) is 18.3 Å². The van der Waals surface area contributed by atoms with Crippen molar-refractivity contribution in [3.05, 3.63) is 81.2 Å². The number of hydrogen-bond donors (Lipinski definition) is 3. The molecule has 0 fully saturated rings. The first-order valence-electron chi connectivity index (χ1n) is 10.1. The van der Waals surface area contributed by atoms with E-state index >= 15 is 0 Å². The standard InChI is InChI=1S/C21H22ClN5O6S2/c1-14-2-5-17(26-20(28)13-27-21(29)10-16(22)12-24-27)11-19(14)35(32,33)25-9-8-15-3-6-18(7-4-15)34(23,30)31/h2-7,10-12,25H,8-9,13H2,1H3,(H,26,28)(H2,23,30,31). The SMILES string of the molecule is Cc1ccc(NC(=O)Cn2ncc(Cl)cc2=O)cc1S(=O)(=O)NCCc1ccc(S(N)(=O)=O)cc1. The van der Waals surface area contributed by atoms with Crippen molar-refractivity contribution in [2.24, 2.45) is 5.14 Å². The molecule has 0 aliphatic carbocycles. The van der Waals surface area contributed by atoms with Crippen LogP contribution in [0.15, 0.2) is 69.3 Å². The third-order valence-electron chi connectivity index (χ3n) is 4.85. The highest BCUT2D eigenvalue weighted by Gasteiger charge is 2.18. The fraction of sp³-hybridized carbons (Fsp3) is 0.190. The Morgan fingerprint density at radius 1 is 1.09 bits per heavy atom. The van der Waals surface area contributed by atoms with Gasteiger partial charge in [-0.2, -0.15) is 5.10 Å². The van der Waals surface area contributed by atoms with E-state index in [4.69, 9.17) is 16.7 Å². The first-order chi connectivity index (χ1) is 16.3. The molecule has 0 bridgehead atoms. The average molecular weight is 540 g/mol. The van der Waals surface area contributed by atoms with Crippen LogP contribution in [0.3, 0.4) is 0 Å². The quantitative estimate of drug-likeness (QED) is 0.364. The summed E-state index contributed by atoms with van der Waals surface area (Å²) in [5.41, 5.74) is 0.845. The summed E-state index contributed by atoms with van der Waals surface area (Å²) in [4.78, 5) is 24.1. The Labute approximate surface area is 207 Å². The summed E-state index contributed by atoms with van der Waals surface area (Å²) in [7, 11) is -7.73. The van der Waals surface area contributed by atoms with E-state index in [1.165, 1.54) is 30.5 Å². The summed E-state index contributed by atoms with van der Waals surface area (Å²) < 4.78 is 51.8. The Morgan fingerprint density at radius 2 is 1.77 bits per heavy atom. The van der Waals surface area contributed by atoms with Crippen LogP contribution in [0.1, 0.15) is 11.1 Å². The van der Waals surface area contributed by atoms with Crippen molar-refractivity contribution < 1.29 is 21.6 Å². The van der Waals surface area contributed by atoms with Crippen LogP contribution in [-0.2, 0) is 37.8 Å². The predicted octanol–water partition coefficient (Wildman–Crippen LogP) is 1.01. The van der Waals surface area contributed by atoms with Gasteiger partial charge < -0.3 is 5.32 Å². The maximum absolute atomic E-state index is 12.8. The van der Waals surface area contributed by atoms with Gasteiger partial charge in [-0.15, -0.1) is 0 Å². The fourth-order valence-electron chi connectivity index (χ4n) is 3.09. The lowest BCUT2D eigenvalue weighted by Gasteiger charge is -2.12. The molecule has 0 spiro atoms. The number of aryl methyl sites for hydroxylation is 1. The zero-order valence-corrected chi connectivity index (χ0v) is 20.8. The van der Waals surface area contributed by atoms with Crippen molar-refractivity contribution in [1.29, 1.82) is 0 Å². The lowest BCUT2D eigenvalue weighted by molar-refractivity contribution is -0.117. The van der Waals surface area contributed by atoms with Gasteiger partial charge in [0.25, 0.3) is 5.56 Å². The molecule has 0 unspecified atom stereocenters. The summed E-state index contributed by atoms with van der Waals surface area (Å²) in [6.07, 6.45) is 1.54. The van der Waals surface area contributed by atoms with Gasteiger partial charge in [-0.05, 0) is 48.7 Å². The van der Waals surface area contributed by atoms with Crippen molar-refractivity contribution >= 4 is 43.2 Å². The number of amides is 1. The summed E-state index contributed by atoms with van der Waals surface area (Å²) in [6.45, 7) is 1.29. The maximum Gasteiger partial charge on any atom is 0.268 e. The van der Waals surface area contributed by atoms with E-state index in [1.54, 1.807) is 25.1 Å². The van der Waals surface area contributed by atoms with Crippen LogP contribution in [0.25, 0.3) is 0 Å². The van der Waals surface area contributed by atoms with Gasteiger partial charge in [0.1, 0.15) is 6.54 Å². The lowest BCUT2D eigenvalue weighted by Crippen LogP contribution is -2.29. The average Bonchev–Trinajstić information content (AvgIpc) is 2.76. The molecular weight excluding hydrogens is 518 g/mol. The van der Waals surface area contributed by atoms with E-state index in [1.807, 2.05) is 0 Å². The summed E-state index contributed by atoms with van der Waals surface area (Å²) in [5, 5.41) is 11.5. The molecular formula is C21H22ClN5O6S2. The topological polar surface area (TPSA) is 170 Å². The number of nitrogens with one attached hydrogen (secondary N) is 2. The molecule has 1 amide bonds. The normalized spacial score (nSPS) is 11.9. The molecule has 0 aliphatic heterocycles. The molecule has 186 valence electrons. The number of primary sulfonamides is 1. The van der Waals surface area contributed by atoms with Crippen molar-refractivity contribution in [3.63, 3.8) is 0 Å². The van der Waals surface area contributed by atoms with Gasteiger partial charge in [-0.3, -0.25) is 9.59 Å². The van der Waals surface area contributed by atoms with Crippen LogP contribution >= 0.6 is 11.6 Å². The third-order valence-corrected chi connectivity index (χ3v) is 7.59. The van der Waals surface area contributed by atoms with Crippen molar-refractivity contribution in [3.8, 4) is 0 Å². The molecule has 35 heavy (non-hydrogen) atoms. The molecule has 3 rings (SSSR count). The fourth-order valence-corrected chi connectivity index (χ4v) is 5.04. The Kier molecular flexibility index (Phi) is 8.07. The summed E-state index contributed by atoms with van der Waals surface area (Å²) >= 11 is 5.69. The number of aromatic nitrogens is 2.